The van der Waals surface area contributed by atoms with Crippen LogP contribution in [0.25, 0.3) is 0 Å². The first-order valence-electron chi connectivity index (χ1n) is 11.5. The summed E-state index contributed by atoms with van der Waals surface area (Å²) < 4.78 is 5.56. The second-order valence-electron chi connectivity index (χ2n) is 8.50. The predicted molar refractivity (Wildman–Crippen MR) is 134 cm³/mol. The van der Waals surface area contributed by atoms with Crippen molar-refractivity contribution in [3.05, 3.63) is 88.4 Å². The van der Waals surface area contributed by atoms with Crippen molar-refractivity contribution >= 4 is 46.6 Å². The maximum absolute atomic E-state index is 12.6. The van der Waals surface area contributed by atoms with Crippen LogP contribution in [0.15, 0.2) is 66.7 Å². The molecule has 0 aromatic heterocycles. The molecule has 2 aliphatic rings. The van der Waals surface area contributed by atoms with Crippen molar-refractivity contribution in [3.63, 3.8) is 0 Å². The first-order valence-corrected chi connectivity index (χ1v) is 11.9. The van der Waals surface area contributed by atoms with Crippen molar-refractivity contribution in [2.75, 3.05) is 23.4 Å². The number of carbonyl (C=O) groups is 4. The van der Waals surface area contributed by atoms with Crippen LogP contribution in [0.1, 0.15) is 39.1 Å². The average molecular weight is 504 g/mol. The molecule has 0 bridgehead atoms. The Morgan fingerprint density at radius 3 is 2.33 bits per heavy atom. The molecule has 2 aliphatic heterocycles. The van der Waals surface area contributed by atoms with Gasteiger partial charge in [0.15, 0.2) is 6.61 Å². The van der Waals surface area contributed by atoms with Crippen LogP contribution >= 0.6 is 11.6 Å². The lowest BCUT2D eigenvalue weighted by Crippen LogP contribution is -2.38. The van der Waals surface area contributed by atoms with Crippen molar-refractivity contribution < 1.29 is 23.9 Å². The summed E-state index contributed by atoms with van der Waals surface area (Å²) in [6.07, 6.45) is 0.436. The molecule has 4 amide bonds. The molecule has 3 aromatic carbocycles. The fourth-order valence-electron chi connectivity index (χ4n) is 4.31. The summed E-state index contributed by atoms with van der Waals surface area (Å²) in [5, 5.41) is 3.38. The van der Waals surface area contributed by atoms with Crippen LogP contribution in [0.2, 0.25) is 5.02 Å². The van der Waals surface area contributed by atoms with Gasteiger partial charge >= 0.3 is 0 Å². The Hall–Kier alpha value is -4.17. The minimum Gasteiger partial charge on any atom is -0.482 e. The number of hydrogen-bond donors (Lipinski definition) is 1. The van der Waals surface area contributed by atoms with Gasteiger partial charge in [0.25, 0.3) is 17.7 Å². The van der Waals surface area contributed by atoms with Gasteiger partial charge in [-0.15, -0.1) is 0 Å². The Morgan fingerprint density at radius 2 is 1.61 bits per heavy atom. The Kier molecular flexibility index (Phi) is 6.43. The molecule has 9 heteroatoms. The molecule has 0 atom stereocenters. The molecule has 0 saturated carbocycles. The largest absolute Gasteiger partial charge is 0.482 e. The van der Waals surface area contributed by atoms with Gasteiger partial charge < -0.3 is 15.0 Å². The molecule has 1 N–H and O–H groups in total. The summed E-state index contributed by atoms with van der Waals surface area (Å²) in [6, 6.07) is 19.1. The van der Waals surface area contributed by atoms with Gasteiger partial charge in [0.1, 0.15) is 5.75 Å². The molecule has 0 fully saturated rings. The standard InChI is InChI=1S/C27H22ClN3O5/c28-21-9-4-1-6-17(21)15-31-22-14-18(11-12-23(22)36-16-25(31)33)29-24(32)10-5-13-30-26(34)19-7-2-3-8-20(19)27(30)35/h1-4,6-9,11-12,14H,5,10,13,15-16H2,(H,29,32). The van der Waals surface area contributed by atoms with E-state index in [2.05, 4.69) is 5.32 Å². The van der Waals surface area contributed by atoms with Crippen molar-refractivity contribution in [3.8, 4) is 5.75 Å². The minimum atomic E-state index is -0.339. The molecule has 0 radical (unpaired) electrons. The Labute approximate surface area is 212 Å². The first-order chi connectivity index (χ1) is 17.4. The predicted octanol–water partition coefficient (Wildman–Crippen LogP) is 4.28. The van der Waals surface area contributed by atoms with E-state index in [1.165, 1.54) is 4.90 Å². The highest BCUT2D eigenvalue weighted by Gasteiger charge is 2.34. The summed E-state index contributed by atoms with van der Waals surface area (Å²) in [4.78, 5) is 52.9. The third-order valence-electron chi connectivity index (χ3n) is 6.14. The quantitative estimate of drug-likeness (QED) is 0.485. The fraction of sp³-hybridized carbons (Fsp3) is 0.185. The topological polar surface area (TPSA) is 96.0 Å². The highest BCUT2D eigenvalue weighted by Crippen LogP contribution is 2.36. The van der Waals surface area contributed by atoms with E-state index in [1.807, 2.05) is 18.2 Å². The summed E-state index contributed by atoms with van der Waals surface area (Å²) >= 11 is 6.29. The van der Waals surface area contributed by atoms with Gasteiger partial charge in [0.05, 0.1) is 23.4 Å². The van der Waals surface area contributed by atoms with E-state index >= 15 is 0 Å². The van der Waals surface area contributed by atoms with E-state index in [9.17, 15) is 19.2 Å². The Morgan fingerprint density at radius 1 is 0.917 bits per heavy atom. The Balaban J connectivity index is 1.22. The summed E-state index contributed by atoms with van der Waals surface area (Å²) in [5.74, 6) is -0.632. The molecule has 0 spiro atoms. The molecule has 0 aliphatic carbocycles. The minimum absolute atomic E-state index is 0.0824. The van der Waals surface area contributed by atoms with Crippen LogP contribution in [-0.4, -0.2) is 41.7 Å². The molecule has 5 rings (SSSR count). The van der Waals surface area contributed by atoms with Gasteiger partial charge in [-0.05, 0) is 48.4 Å². The lowest BCUT2D eigenvalue weighted by Gasteiger charge is -2.30. The van der Waals surface area contributed by atoms with Crippen LogP contribution in [0.3, 0.4) is 0 Å². The van der Waals surface area contributed by atoms with E-state index in [0.29, 0.717) is 39.7 Å². The molecule has 8 nitrogen and oxygen atoms in total. The SMILES string of the molecule is O=C(CCCN1C(=O)c2ccccc2C1=O)Nc1ccc2c(c1)N(Cc1ccccc1Cl)C(=O)CO2. The molecular weight excluding hydrogens is 482 g/mol. The summed E-state index contributed by atoms with van der Waals surface area (Å²) in [7, 11) is 0. The summed E-state index contributed by atoms with van der Waals surface area (Å²) in [5.41, 5.74) is 2.61. The van der Waals surface area contributed by atoms with Crippen molar-refractivity contribution in [1.82, 2.24) is 4.90 Å². The van der Waals surface area contributed by atoms with Crippen molar-refractivity contribution in [1.29, 1.82) is 0 Å². The van der Waals surface area contributed by atoms with Crippen molar-refractivity contribution in [2.24, 2.45) is 0 Å². The van der Waals surface area contributed by atoms with E-state index < -0.39 is 0 Å². The number of carbonyl (C=O) groups excluding carboxylic acids is 4. The molecule has 2 heterocycles. The maximum atomic E-state index is 12.6. The molecule has 182 valence electrons. The number of fused-ring (bicyclic) bond motifs is 2. The smallest absolute Gasteiger partial charge is 0.265 e. The second-order valence-corrected chi connectivity index (χ2v) is 8.91. The van der Waals surface area contributed by atoms with Gasteiger partial charge in [0, 0.05) is 23.7 Å². The number of halogens is 1. The van der Waals surface area contributed by atoms with Crippen LogP contribution < -0.4 is 15.0 Å². The van der Waals surface area contributed by atoms with Gasteiger partial charge in [0.2, 0.25) is 5.91 Å². The van der Waals surface area contributed by atoms with E-state index in [4.69, 9.17) is 16.3 Å². The molecule has 0 unspecified atom stereocenters. The molecule has 3 aromatic rings. The van der Waals surface area contributed by atoms with Gasteiger partial charge in [-0.2, -0.15) is 0 Å². The van der Waals surface area contributed by atoms with Crippen LogP contribution in [0, 0.1) is 0 Å². The highest BCUT2D eigenvalue weighted by molar-refractivity contribution is 6.31. The van der Waals surface area contributed by atoms with Crippen LogP contribution in [0.5, 0.6) is 5.75 Å². The van der Waals surface area contributed by atoms with Crippen molar-refractivity contribution in [2.45, 2.75) is 19.4 Å². The zero-order valence-electron chi connectivity index (χ0n) is 19.2. The number of imide groups is 1. The third-order valence-corrected chi connectivity index (χ3v) is 6.50. The first kappa shape index (κ1) is 23.6. The zero-order chi connectivity index (χ0) is 25.2. The maximum Gasteiger partial charge on any atom is 0.265 e. The third kappa shape index (κ3) is 4.55. The number of anilines is 2. The number of ether oxygens (including phenoxy) is 1. The summed E-state index contributed by atoms with van der Waals surface area (Å²) in [6.45, 7) is 0.339. The van der Waals surface area contributed by atoms with Gasteiger partial charge in [-0.1, -0.05) is 41.9 Å². The number of rotatable bonds is 7. The number of hydrogen-bond acceptors (Lipinski definition) is 5. The normalized spacial score (nSPS) is 14.4. The number of amides is 4. The molecule has 36 heavy (non-hydrogen) atoms. The van der Waals surface area contributed by atoms with E-state index in [1.54, 1.807) is 53.4 Å². The van der Waals surface area contributed by atoms with Crippen LogP contribution in [0.4, 0.5) is 11.4 Å². The average Bonchev–Trinajstić information content (AvgIpc) is 3.12. The monoisotopic (exact) mass is 503 g/mol. The number of nitrogens with one attached hydrogen (secondary N) is 1. The lowest BCUT2D eigenvalue weighted by molar-refractivity contribution is -0.121. The molecular formula is C27H22ClN3O5. The highest BCUT2D eigenvalue weighted by atomic mass is 35.5. The van der Waals surface area contributed by atoms with E-state index in [-0.39, 0.29) is 49.7 Å². The lowest BCUT2D eigenvalue weighted by atomic mass is 10.1. The van der Waals surface area contributed by atoms with Gasteiger partial charge in [-0.25, -0.2) is 0 Å². The Bertz CT molecular complexity index is 1350. The van der Waals surface area contributed by atoms with Gasteiger partial charge in [-0.3, -0.25) is 24.1 Å². The zero-order valence-corrected chi connectivity index (χ0v) is 20.0. The van der Waals surface area contributed by atoms with Crippen LogP contribution in [-0.2, 0) is 16.1 Å². The molecule has 0 saturated heterocycles. The second kappa shape index (κ2) is 9.83. The van der Waals surface area contributed by atoms with E-state index in [0.717, 1.165) is 5.56 Å². The number of nitrogens with zero attached hydrogens (tertiary/aromatic N) is 2. The number of benzene rings is 3. The fourth-order valence-corrected chi connectivity index (χ4v) is 4.51.